The van der Waals surface area contributed by atoms with Gasteiger partial charge in [0, 0.05) is 18.2 Å². The average Bonchev–Trinajstić information content (AvgIpc) is 2.31. The lowest BCUT2D eigenvalue weighted by Crippen LogP contribution is -2.23. The third-order valence-corrected chi connectivity index (χ3v) is 2.43. The number of ether oxygens (including phenoxy) is 1. The zero-order valence-corrected chi connectivity index (χ0v) is 10.9. The quantitative estimate of drug-likeness (QED) is 0.758. The molecule has 96 valence electrons. The normalized spacial score (nSPS) is 12.4. The van der Waals surface area contributed by atoms with Crippen LogP contribution in [0.2, 0.25) is 0 Å². The Hall–Kier alpha value is -1.36. The number of nitrogens with two attached hydrogens (primary N) is 1. The molecule has 0 aliphatic heterocycles. The maximum Gasteiger partial charge on any atom is 0.134 e. The van der Waals surface area contributed by atoms with Gasteiger partial charge in [-0.1, -0.05) is 13.3 Å². The Bertz CT molecular complexity index is 343. The summed E-state index contributed by atoms with van der Waals surface area (Å²) in [6.45, 7) is 7.53. The van der Waals surface area contributed by atoms with Crippen LogP contribution in [0.25, 0.3) is 0 Å². The summed E-state index contributed by atoms with van der Waals surface area (Å²) >= 11 is 0. The third kappa shape index (κ3) is 4.19. The Morgan fingerprint density at radius 1 is 1.41 bits per heavy atom. The highest BCUT2D eigenvalue weighted by atomic mass is 16.5. The molecule has 1 aromatic rings. The van der Waals surface area contributed by atoms with Gasteiger partial charge in [-0.15, -0.1) is 0 Å². The molecule has 0 radical (unpaired) electrons. The molecule has 0 saturated heterocycles. The van der Waals surface area contributed by atoms with Gasteiger partial charge in [0.05, 0.1) is 6.61 Å². The van der Waals surface area contributed by atoms with E-state index >= 15 is 0 Å². The molecule has 0 amide bonds. The second-order valence-corrected chi connectivity index (χ2v) is 4.04. The van der Waals surface area contributed by atoms with Crippen molar-refractivity contribution in [3.63, 3.8) is 0 Å². The van der Waals surface area contributed by atoms with E-state index in [1.807, 2.05) is 6.92 Å². The minimum atomic E-state index is 0.208. The third-order valence-electron chi connectivity index (χ3n) is 2.43. The van der Waals surface area contributed by atoms with Crippen molar-refractivity contribution in [2.75, 3.05) is 24.3 Å². The molecule has 0 aliphatic carbocycles. The molecule has 0 saturated carbocycles. The molecule has 0 aliphatic rings. The van der Waals surface area contributed by atoms with Gasteiger partial charge < -0.3 is 15.8 Å². The van der Waals surface area contributed by atoms with Crippen molar-refractivity contribution in [1.29, 1.82) is 0 Å². The van der Waals surface area contributed by atoms with E-state index in [-0.39, 0.29) is 6.04 Å². The molecule has 5 nitrogen and oxygen atoms in total. The van der Waals surface area contributed by atoms with Gasteiger partial charge in [-0.05, 0) is 20.3 Å². The molecule has 0 spiro atoms. The highest BCUT2D eigenvalue weighted by molar-refractivity contribution is 5.55. The summed E-state index contributed by atoms with van der Waals surface area (Å²) in [7, 11) is 0. The smallest absolute Gasteiger partial charge is 0.134 e. The van der Waals surface area contributed by atoms with Crippen molar-refractivity contribution in [2.45, 2.75) is 39.7 Å². The molecule has 0 aromatic carbocycles. The van der Waals surface area contributed by atoms with Gasteiger partial charge in [-0.2, -0.15) is 0 Å². The Morgan fingerprint density at radius 3 is 2.82 bits per heavy atom. The van der Waals surface area contributed by atoms with Gasteiger partial charge >= 0.3 is 0 Å². The number of nitrogens with one attached hydrogen (secondary N) is 1. The predicted octanol–water partition coefficient (Wildman–Crippen LogP) is 1.85. The zero-order valence-electron chi connectivity index (χ0n) is 10.9. The largest absolute Gasteiger partial charge is 0.383 e. The first-order chi connectivity index (χ1) is 8.19. The van der Waals surface area contributed by atoms with Gasteiger partial charge in [-0.3, -0.25) is 0 Å². The molecule has 0 bridgehead atoms. The molecule has 1 heterocycles. The zero-order chi connectivity index (χ0) is 12.7. The lowest BCUT2D eigenvalue weighted by Gasteiger charge is -2.17. The van der Waals surface area contributed by atoms with Crippen molar-refractivity contribution >= 4 is 11.6 Å². The SMILES string of the molecule is CCCc1c(N)ncnc1NC(C)COCC. The standard InChI is InChI=1S/C12H22N4O/c1-4-6-10-11(13)14-8-15-12(10)16-9(3)7-17-5-2/h8-9H,4-7H2,1-3H3,(H3,13,14,15,16). The van der Waals surface area contributed by atoms with E-state index in [9.17, 15) is 0 Å². The van der Waals surface area contributed by atoms with Crippen LogP contribution in [-0.2, 0) is 11.2 Å². The van der Waals surface area contributed by atoms with Crippen molar-refractivity contribution < 1.29 is 4.74 Å². The summed E-state index contributed by atoms with van der Waals surface area (Å²) in [6, 6.07) is 0.208. The van der Waals surface area contributed by atoms with E-state index in [2.05, 4.69) is 29.1 Å². The second-order valence-electron chi connectivity index (χ2n) is 4.04. The monoisotopic (exact) mass is 238 g/mol. The number of rotatable bonds is 7. The summed E-state index contributed by atoms with van der Waals surface area (Å²) in [4.78, 5) is 8.27. The average molecular weight is 238 g/mol. The summed E-state index contributed by atoms with van der Waals surface area (Å²) in [6.07, 6.45) is 3.40. The minimum absolute atomic E-state index is 0.208. The molecule has 3 N–H and O–H groups in total. The fourth-order valence-electron chi connectivity index (χ4n) is 1.62. The van der Waals surface area contributed by atoms with Crippen LogP contribution < -0.4 is 11.1 Å². The van der Waals surface area contributed by atoms with Crippen molar-refractivity contribution in [3.8, 4) is 0 Å². The maximum absolute atomic E-state index is 5.86. The van der Waals surface area contributed by atoms with E-state index < -0.39 is 0 Å². The molecular formula is C12H22N4O. The van der Waals surface area contributed by atoms with Crippen LogP contribution in [0.1, 0.15) is 32.8 Å². The lowest BCUT2D eigenvalue weighted by molar-refractivity contribution is 0.141. The number of hydrogen-bond acceptors (Lipinski definition) is 5. The first-order valence-electron chi connectivity index (χ1n) is 6.12. The number of aromatic nitrogens is 2. The van der Waals surface area contributed by atoms with Crippen molar-refractivity contribution in [1.82, 2.24) is 9.97 Å². The second kappa shape index (κ2) is 7.06. The Morgan fingerprint density at radius 2 is 2.18 bits per heavy atom. The van der Waals surface area contributed by atoms with E-state index in [0.29, 0.717) is 12.4 Å². The van der Waals surface area contributed by atoms with Gasteiger partial charge in [-0.25, -0.2) is 9.97 Å². The molecule has 0 fully saturated rings. The van der Waals surface area contributed by atoms with E-state index in [1.165, 1.54) is 6.33 Å². The van der Waals surface area contributed by atoms with Crippen LogP contribution >= 0.6 is 0 Å². The van der Waals surface area contributed by atoms with Crippen LogP contribution in [0.4, 0.5) is 11.6 Å². The van der Waals surface area contributed by atoms with E-state index in [0.717, 1.165) is 30.8 Å². The van der Waals surface area contributed by atoms with E-state index in [4.69, 9.17) is 10.5 Å². The number of nitrogen functional groups attached to an aromatic ring is 1. The fourth-order valence-corrected chi connectivity index (χ4v) is 1.62. The first kappa shape index (κ1) is 13.7. The first-order valence-corrected chi connectivity index (χ1v) is 6.12. The summed E-state index contributed by atoms with van der Waals surface area (Å²) in [5.74, 6) is 1.39. The summed E-state index contributed by atoms with van der Waals surface area (Å²) in [5.41, 5.74) is 6.86. The predicted molar refractivity (Wildman–Crippen MR) is 70.0 cm³/mol. The van der Waals surface area contributed by atoms with Crippen LogP contribution in [-0.4, -0.2) is 29.2 Å². The Balaban J connectivity index is 2.72. The highest BCUT2D eigenvalue weighted by Gasteiger charge is 2.10. The topological polar surface area (TPSA) is 73.1 Å². The van der Waals surface area contributed by atoms with Crippen LogP contribution in [0.5, 0.6) is 0 Å². The van der Waals surface area contributed by atoms with Crippen LogP contribution in [0, 0.1) is 0 Å². The fraction of sp³-hybridized carbons (Fsp3) is 0.667. The lowest BCUT2D eigenvalue weighted by atomic mass is 10.1. The molecule has 17 heavy (non-hydrogen) atoms. The summed E-state index contributed by atoms with van der Waals surface area (Å²) < 4.78 is 5.36. The van der Waals surface area contributed by atoms with Crippen LogP contribution in [0.3, 0.4) is 0 Å². The Labute approximate surface area is 103 Å². The number of nitrogens with zero attached hydrogens (tertiary/aromatic N) is 2. The van der Waals surface area contributed by atoms with Gasteiger partial charge in [0.15, 0.2) is 0 Å². The maximum atomic E-state index is 5.86. The van der Waals surface area contributed by atoms with Crippen LogP contribution in [0.15, 0.2) is 6.33 Å². The number of anilines is 2. The highest BCUT2D eigenvalue weighted by Crippen LogP contribution is 2.19. The molecule has 1 aromatic heterocycles. The molecule has 5 heteroatoms. The molecule has 1 atom stereocenters. The van der Waals surface area contributed by atoms with Gasteiger partial charge in [0.2, 0.25) is 0 Å². The molecular weight excluding hydrogens is 216 g/mol. The summed E-state index contributed by atoms with van der Waals surface area (Å²) in [5, 5.41) is 3.31. The Kier molecular flexibility index (Phi) is 5.69. The van der Waals surface area contributed by atoms with Gasteiger partial charge in [0.1, 0.15) is 18.0 Å². The van der Waals surface area contributed by atoms with Crippen molar-refractivity contribution in [2.24, 2.45) is 0 Å². The molecule has 1 rings (SSSR count). The minimum Gasteiger partial charge on any atom is -0.383 e. The number of hydrogen-bond donors (Lipinski definition) is 2. The van der Waals surface area contributed by atoms with Crippen molar-refractivity contribution in [3.05, 3.63) is 11.9 Å². The molecule has 1 unspecified atom stereocenters. The van der Waals surface area contributed by atoms with E-state index in [1.54, 1.807) is 0 Å². The van der Waals surface area contributed by atoms with Gasteiger partial charge in [0.25, 0.3) is 0 Å².